The van der Waals surface area contributed by atoms with Crippen molar-refractivity contribution >= 4 is 33.1 Å². The molecule has 4 aromatic rings. The Bertz CT molecular complexity index is 1590. The van der Waals surface area contributed by atoms with Gasteiger partial charge in [0.1, 0.15) is 11.3 Å². The summed E-state index contributed by atoms with van der Waals surface area (Å²) < 4.78 is 28.7. The van der Waals surface area contributed by atoms with Crippen molar-refractivity contribution < 1.29 is 23.1 Å². The Morgan fingerprint density at radius 3 is 2.33 bits per heavy atom. The second-order valence-electron chi connectivity index (χ2n) is 8.34. The molecule has 1 N–H and O–H groups in total. The lowest BCUT2D eigenvalue weighted by atomic mass is 10.0. The Labute approximate surface area is 209 Å². The van der Waals surface area contributed by atoms with Gasteiger partial charge in [-0.05, 0) is 50.6 Å². The first-order valence-electron chi connectivity index (χ1n) is 11.4. The van der Waals surface area contributed by atoms with Gasteiger partial charge in [0.15, 0.2) is 11.4 Å². The summed E-state index contributed by atoms with van der Waals surface area (Å²) in [5.41, 5.74) is 4.37. The Morgan fingerprint density at radius 2 is 1.75 bits per heavy atom. The molecule has 0 radical (unpaired) electrons. The van der Waals surface area contributed by atoms with Gasteiger partial charge in [0.05, 0.1) is 4.90 Å². The standard InChI is InChI=1S/C26H26N4O5S/c1-5-24-28-22-14-19(17(4)31)15-27-25(22)30(24)20-10-8-18(9-11-20)21-13-16(3)7-12-23(21)36(34,35)29(6-2)26(32)33/h7-15H,5-6H2,1-4H3,(H,32,33). The minimum Gasteiger partial charge on any atom is -0.464 e. The van der Waals surface area contributed by atoms with Gasteiger partial charge in [0.25, 0.3) is 10.0 Å². The molecule has 0 saturated heterocycles. The molecule has 0 aliphatic heterocycles. The molecule has 2 aromatic carbocycles. The van der Waals surface area contributed by atoms with Crippen LogP contribution in [0.3, 0.4) is 0 Å². The van der Waals surface area contributed by atoms with E-state index in [2.05, 4.69) is 9.97 Å². The summed E-state index contributed by atoms with van der Waals surface area (Å²) in [6, 6.07) is 13.8. The van der Waals surface area contributed by atoms with Gasteiger partial charge < -0.3 is 5.11 Å². The molecular weight excluding hydrogens is 480 g/mol. The van der Waals surface area contributed by atoms with Gasteiger partial charge in [-0.3, -0.25) is 9.36 Å². The van der Waals surface area contributed by atoms with Crippen molar-refractivity contribution in [3.63, 3.8) is 0 Å². The Morgan fingerprint density at radius 1 is 1.06 bits per heavy atom. The Hall–Kier alpha value is -4.05. The molecule has 36 heavy (non-hydrogen) atoms. The lowest BCUT2D eigenvalue weighted by Gasteiger charge is -2.20. The summed E-state index contributed by atoms with van der Waals surface area (Å²) in [5.74, 6) is 0.680. The molecule has 4 rings (SSSR count). The molecule has 0 fully saturated rings. The summed E-state index contributed by atoms with van der Waals surface area (Å²) in [5, 5.41) is 9.43. The molecule has 0 atom stereocenters. The van der Waals surface area contributed by atoms with Crippen molar-refractivity contribution in [3.05, 3.63) is 71.7 Å². The number of sulfonamides is 1. The minimum absolute atomic E-state index is 0.0779. The number of amides is 1. The van der Waals surface area contributed by atoms with Gasteiger partial charge in [-0.15, -0.1) is 0 Å². The van der Waals surface area contributed by atoms with E-state index in [-0.39, 0.29) is 17.2 Å². The summed E-state index contributed by atoms with van der Waals surface area (Å²) >= 11 is 0. The molecule has 2 heterocycles. The van der Waals surface area contributed by atoms with Crippen LogP contribution in [0.1, 0.15) is 42.5 Å². The molecule has 0 spiro atoms. The molecule has 1 amide bonds. The van der Waals surface area contributed by atoms with Gasteiger partial charge in [0.2, 0.25) is 0 Å². The predicted molar refractivity (Wildman–Crippen MR) is 136 cm³/mol. The fraction of sp³-hybridized carbons (Fsp3) is 0.231. The number of nitrogens with zero attached hydrogens (tertiary/aromatic N) is 4. The van der Waals surface area contributed by atoms with Crippen molar-refractivity contribution in [1.82, 2.24) is 18.8 Å². The fourth-order valence-corrected chi connectivity index (χ4v) is 5.60. The molecule has 9 nitrogen and oxygen atoms in total. The molecule has 0 aliphatic carbocycles. The number of carbonyl (C=O) groups is 2. The summed E-state index contributed by atoms with van der Waals surface area (Å²) in [6.07, 6.45) is 0.636. The number of hydrogen-bond acceptors (Lipinski definition) is 6. The largest absolute Gasteiger partial charge is 0.464 e. The second kappa shape index (κ2) is 9.54. The Balaban J connectivity index is 1.83. The molecule has 10 heteroatoms. The van der Waals surface area contributed by atoms with Crippen LogP contribution >= 0.6 is 0 Å². The van der Waals surface area contributed by atoms with Crippen LogP contribution in [0.2, 0.25) is 0 Å². The lowest BCUT2D eigenvalue weighted by Crippen LogP contribution is -2.35. The first kappa shape index (κ1) is 25.1. The van der Waals surface area contributed by atoms with E-state index in [1.54, 1.807) is 30.3 Å². The number of ketones is 1. The number of hydrogen-bond donors (Lipinski definition) is 1. The number of pyridine rings is 1. The van der Waals surface area contributed by atoms with E-state index in [1.165, 1.54) is 26.1 Å². The smallest absolute Gasteiger partial charge is 0.421 e. The van der Waals surface area contributed by atoms with Gasteiger partial charge in [0, 0.05) is 36.0 Å². The van der Waals surface area contributed by atoms with Gasteiger partial charge >= 0.3 is 6.09 Å². The highest BCUT2D eigenvalue weighted by Crippen LogP contribution is 2.32. The monoisotopic (exact) mass is 506 g/mol. The number of benzene rings is 2. The van der Waals surface area contributed by atoms with E-state index >= 15 is 0 Å². The number of aryl methyl sites for hydroxylation is 2. The summed E-state index contributed by atoms with van der Waals surface area (Å²) in [4.78, 5) is 32.4. The number of carbonyl (C=O) groups excluding carboxylic acids is 1. The number of imidazole rings is 1. The highest BCUT2D eigenvalue weighted by molar-refractivity contribution is 7.89. The maximum absolute atomic E-state index is 13.2. The van der Waals surface area contributed by atoms with Crippen LogP contribution in [0.25, 0.3) is 28.0 Å². The maximum atomic E-state index is 13.2. The van der Waals surface area contributed by atoms with E-state index in [4.69, 9.17) is 0 Å². The van der Waals surface area contributed by atoms with Crippen LogP contribution in [-0.2, 0) is 16.4 Å². The fourth-order valence-electron chi connectivity index (χ4n) is 4.12. The maximum Gasteiger partial charge on any atom is 0.421 e. The zero-order valence-electron chi connectivity index (χ0n) is 20.4. The Kier molecular flexibility index (Phi) is 6.64. The van der Waals surface area contributed by atoms with Crippen LogP contribution < -0.4 is 0 Å². The second-order valence-corrected chi connectivity index (χ2v) is 10.2. The molecule has 0 aliphatic rings. The van der Waals surface area contributed by atoms with Crippen molar-refractivity contribution in [2.45, 2.75) is 39.0 Å². The van der Waals surface area contributed by atoms with E-state index in [0.29, 0.717) is 38.6 Å². The van der Waals surface area contributed by atoms with E-state index in [0.717, 1.165) is 17.1 Å². The van der Waals surface area contributed by atoms with Crippen molar-refractivity contribution in [2.75, 3.05) is 6.54 Å². The number of aromatic nitrogens is 3. The number of fused-ring (bicyclic) bond motifs is 1. The zero-order chi connectivity index (χ0) is 26.2. The SMILES string of the molecule is CCc1nc2cc(C(C)=O)cnc2n1-c1ccc(-c2cc(C)ccc2S(=O)(=O)N(CC)C(=O)O)cc1. The number of Topliss-reactive ketones (excluding diaryl/α,β-unsaturated/α-hetero) is 1. The van der Waals surface area contributed by atoms with Crippen LogP contribution in [0.4, 0.5) is 4.79 Å². The summed E-state index contributed by atoms with van der Waals surface area (Å²) in [6.45, 7) is 6.58. The molecule has 0 bridgehead atoms. The lowest BCUT2D eigenvalue weighted by molar-refractivity contribution is 0.101. The van der Waals surface area contributed by atoms with E-state index in [1.807, 2.05) is 30.5 Å². The third-order valence-corrected chi connectivity index (χ3v) is 7.84. The third kappa shape index (κ3) is 4.35. The highest BCUT2D eigenvalue weighted by Gasteiger charge is 2.30. The van der Waals surface area contributed by atoms with E-state index < -0.39 is 16.1 Å². The van der Waals surface area contributed by atoms with E-state index in [9.17, 15) is 23.1 Å². The third-order valence-electron chi connectivity index (χ3n) is 5.93. The molecule has 186 valence electrons. The van der Waals surface area contributed by atoms with Crippen molar-refractivity contribution in [2.24, 2.45) is 0 Å². The van der Waals surface area contributed by atoms with Crippen LogP contribution in [0.15, 0.2) is 59.6 Å². The van der Waals surface area contributed by atoms with Crippen molar-refractivity contribution in [1.29, 1.82) is 0 Å². The van der Waals surface area contributed by atoms with Gasteiger partial charge in [-0.1, -0.05) is 36.8 Å². The summed E-state index contributed by atoms with van der Waals surface area (Å²) in [7, 11) is -4.27. The molecule has 0 unspecified atom stereocenters. The first-order valence-corrected chi connectivity index (χ1v) is 12.9. The topological polar surface area (TPSA) is 122 Å². The van der Waals surface area contributed by atoms with Gasteiger partial charge in [-0.2, -0.15) is 0 Å². The zero-order valence-corrected chi connectivity index (χ0v) is 21.2. The predicted octanol–water partition coefficient (Wildman–Crippen LogP) is 4.85. The molecule has 0 saturated carbocycles. The average Bonchev–Trinajstić information content (AvgIpc) is 3.21. The minimum atomic E-state index is -4.27. The number of carboxylic acid groups (broad SMARTS) is 1. The highest BCUT2D eigenvalue weighted by atomic mass is 32.2. The molecule has 2 aromatic heterocycles. The first-order chi connectivity index (χ1) is 17.1. The number of rotatable bonds is 7. The quantitative estimate of drug-likeness (QED) is 0.356. The average molecular weight is 507 g/mol. The van der Waals surface area contributed by atoms with Gasteiger partial charge in [-0.25, -0.2) is 27.5 Å². The van der Waals surface area contributed by atoms with Crippen LogP contribution in [-0.4, -0.2) is 50.8 Å². The molecular formula is C26H26N4O5S. The van der Waals surface area contributed by atoms with Crippen molar-refractivity contribution in [3.8, 4) is 16.8 Å². The van der Waals surface area contributed by atoms with Crippen LogP contribution in [0.5, 0.6) is 0 Å². The normalized spacial score (nSPS) is 11.6. The van der Waals surface area contributed by atoms with Crippen LogP contribution in [0, 0.1) is 6.92 Å².